The SMILES string of the molecule is CN(C)c1ccc(CC(=O)N2CCC(Cc3cccc(CO)c3)C2)cc1. The summed E-state index contributed by atoms with van der Waals surface area (Å²) in [6, 6.07) is 16.3. The lowest BCUT2D eigenvalue weighted by molar-refractivity contribution is -0.129. The molecule has 2 aromatic rings. The van der Waals surface area contributed by atoms with Crippen molar-refractivity contribution in [3.63, 3.8) is 0 Å². The van der Waals surface area contributed by atoms with Crippen molar-refractivity contribution in [2.75, 3.05) is 32.1 Å². The van der Waals surface area contributed by atoms with Gasteiger partial charge in [-0.25, -0.2) is 0 Å². The topological polar surface area (TPSA) is 43.8 Å². The number of nitrogens with zero attached hydrogens (tertiary/aromatic N) is 2. The van der Waals surface area contributed by atoms with Crippen molar-refractivity contribution >= 4 is 11.6 Å². The molecule has 0 aromatic heterocycles. The first-order chi connectivity index (χ1) is 12.5. The number of likely N-dealkylation sites (tertiary alicyclic amines) is 1. The highest BCUT2D eigenvalue weighted by molar-refractivity contribution is 5.79. The molecule has 0 saturated carbocycles. The number of rotatable bonds is 6. The van der Waals surface area contributed by atoms with Gasteiger partial charge in [-0.15, -0.1) is 0 Å². The number of carbonyl (C=O) groups is 1. The van der Waals surface area contributed by atoms with Crippen LogP contribution in [0.1, 0.15) is 23.1 Å². The van der Waals surface area contributed by atoms with Gasteiger partial charge in [-0.1, -0.05) is 36.4 Å². The average molecular weight is 352 g/mol. The number of amides is 1. The Balaban J connectivity index is 1.53. The molecule has 138 valence electrons. The smallest absolute Gasteiger partial charge is 0.226 e. The van der Waals surface area contributed by atoms with Crippen LogP contribution in [0.5, 0.6) is 0 Å². The zero-order valence-electron chi connectivity index (χ0n) is 15.7. The molecule has 0 radical (unpaired) electrons. The molecule has 1 N–H and O–H groups in total. The van der Waals surface area contributed by atoms with Gasteiger partial charge >= 0.3 is 0 Å². The highest BCUT2D eigenvalue weighted by Crippen LogP contribution is 2.22. The van der Waals surface area contributed by atoms with Crippen LogP contribution in [0.15, 0.2) is 48.5 Å². The van der Waals surface area contributed by atoms with Gasteiger partial charge in [0.2, 0.25) is 5.91 Å². The van der Waals surface area contributed by atoms with Crippen molar-refractivity contribution in [3.8, 4) is 0 Å². The van der Waals surface area contributed by atoms with Crippen molar-refractivity contribution in [2.24, 2.45) is 5.92 Å². The van der Waals surface area contributed by atoms with Gasteiger partial charge in [-0.2, -0.15) is 0 Å². The normalized spacial score (nSPS) is 16.7. The summed E-state index contributed by atoms with van der Waals surface area (Å²) in [5, 5.41) is 9.27. The second kappa shape index (κ2) is 8.37. The molecule has 4 nitrogen and oxygen atoms in total. The van der Waals surface area contributed by atoms with Gasteiger partial charge in [0.15, 0.2) is 0 Å². The maximum atomic E-state index is 12.6. The molecule has 1 atom stereocenters. The maximum absolute atomic E-state index is 12.6. The van der Waals surface area contributed by atoms with E-state index in [1.807, 2.05) is 43.3 Å². The third-order valence-electron chi connectivity index (χ3n) is 5.14. The summed E-state index contributed by atoms with van der Waals surface area (Å²) < 4.78 is 0. The minimum absolute atomic E-state index is 0.0791. The fraction of sp³-hybridized carbons (Fsp3) is 0.409. The number of hydrogen-bond donors (Lipinski definition) is 1. The fourth-order valence-electron chi connectivity index (χ4n) is 3.61. The average Bonchev–Trinajstić information content (AvgIpc) is 3.11. The van der Waals surface area contributed by atoms with Crippen LogP contribution in [0.4, 0.5) is 5.69 Å². The second-order valence-corrected chi connectivity index (χ2v) is 7.41. The zero-order chi connectivity index (χ0) is 18.5. The molecule has 26 heavy (non-hydrogen) atoms. The van der Waals surface area contributed by atoms with Crippen molar-refractivity contribution in [2.45, 2.75) is 25.9 Å². The molecule has 0 spiro atoms. The Bertz CT molecular complexity index is 740. The summed E-state index contributed by atoms with van der Waals surface area (Å²) in [5.74, 6) is 0.721. The monoisotopic (exact) mass is 352 g/mol. The summed E-state index contributed by atoms with van der Waals surface area (Å²) in [5.41, 5.74) is 4.41. The molecule has 1 unspecified atom stereocenters. The predicted molar refractivity (Wildman–Crippen MR) is 105 cm³/mol. The van der Waals surface area contributed by atoms with Crippen molar-refractivity contribution in [3.05, 3.63) is 65.2 Å². The number of anilines is 1. The first kappa shape index (κ1) is 18.5. The van der Waals surface area contributed by atoms with E-state index in [2.05, 4.69) is 29.2 Å². The molecule has 1 aliphatic heterocycles. The third-order valence-corrected chi connectivity index (χ3v) is 5.14. The standard InChI is InChI=1S/C22H28N2O2/c1-23(2)21-8-6-17(7-9-21)14-22(26)24-11-10-19(15-24)12-18-4-3-5-20(13-18)16-25/h3-9,13,19,25H,10-12,14-16H2,1-2H3. The Kier molecular flexibility index (Phi) is 5.94. The molecule has 3 rings (SSSR count). The van der Waals surface area contributed by atoms with E-state index < -0.39 is 0 Å². The Morgan fingerprint density at radius 1 is 1.12 bits per heavy atom. The molecule has 1 heterocycles. The molecular weight excluding hydrogens is 324 g/mol. The maximum Gasteiger partial charge on any atom is 0.226 e. The lowest BCUT2D eigenvalue weighted by Gasteiger charge is -2.17. The summed E-state index contributed by atoms with van der Waals surface area (Å²) >= 11 is 0. The second-order valence-electron chi connectivity index (χ2n) is 7.41. The Labute approximate surface area is 156 Å². The van der Waals surface area contributed by atoms with E-state index in [9.17, 15) is 9.90 Å². The molecule has 0 bridgehead atoms. The van der Waals surface area contributed by atoms with Crippen LogP contribution in [-0.4, -0.2) is 43.1 Å². The van der Waals surface area contributed by atoms with Gasteiger partial charge in [-0.05, 0) is 47.6 Å². The van der Waals surface area contributed by atoms with Crippen LogP contribution in [0, 0.1) is 5.92 Å². The van der Waals surface area contributed by atoms with Crippen LogP contribution in [0.3, 0.4) is 0 Å². The molecule has 1 fully saturated rings. The van der Waals surface area contributed by atoms with Crippen LogP contribution in [0.2, 0.25) is 0 Å². The fourth-order valence-corrected chi connectivity index (χ4v) is 3.61. The summed E-state index contributed by atoms with van der Waals surface area (Å²) in [6.45, 7) is 1.76. The third kappa shape index (κ3) is 4.64. The predicted octanol–water partition coefficient (Wildman–Crippen LogP) is 2.88. The molecule has 2 aromatic carbocycles. The van der Waals surface area contributed by atoms with Crippen molar-refractivity contribution in [1.29, 1.82) is 0 Å². The van der Waals surface area contributed by atoms with E-state index in [4.69, 9.17) is 0 Å². The summed E-state index contributed by atoms with van der Waals surface area (Å²) in [4.78, 5) is 16.7. The van der Waals surface area contributed by atoms with Gasteiger partial charge in [0.1, 0.15) is 0 Å². The minimum atomic E-state index is 0.0791. The molecule has 1 aliphatic rings. The van der Waals surface area contributed by atoms with Crippen molar-refractivity contribution in [1.82, 2.24) is 4.90 Å². The zero-order valence-corrected chi connectivity index (χ0v) is 15.7. The summed E-state index contributed by atoms with van der Waals surface area (Å²) in [7, 11) is 4.03. The number of carbonyl (C=O) groups excluding carboxylic acids is 1. The molecule has 0 aliphatic carbocycles. The molecular formula is C22H28N2O2. The van der Waals surface area contributed by atoms with Crippen LogP contribution in [-0.2, 0) is 24.2 Å². The number of hydrogen-bond acceptors (Lipinski definition) is 3. The van der Waals surface area contributed by atoms with Gasteiger partial charge in [0.25, 0.3) is 0 Å². The van der Waals surface area contributed by atoms with Gasteiger partial charge in [0, 0.05) is 32.9 Å². The van der Waals surface area contributed by atoms with E-state index in [-0.39, 0.29) is 12.5 Å². The minimum Gasteiger partial charge on any atom is -0.392 e. The van der Waals surface area contributed by atoms with Gasteiger partial charge in [-0.3, -0.25) is 4.79 Å². The van der Waals surface area contributed by atoms with Crippen molar-refractivity contribution < 1.29 is 9.90 Å². The van der Waals surface area contributed by atoms with E-state index in [1.54, 1.807) is 0 Å². The van der Waals surface area contributed by atoms with E-state index in [1.165, 1.54) is 5.56 Å². The van der Waals surface area contributed by atoms with Crippen LogP contribution >= 0.6 is 0 Å². The summed E-state index contributed by atoms with van der Waals surface area (Å²) in [6.07, 6.45) is 2.49. The molecule has 1 saturated heterocycles. The van der Waals surface area contributed by atoms with E-state index >= 15 is 0 Å². The first-order valence-electron chi connectivity index (χ1n) is 9.28. The Morgan fingerprint density at radius 3 is 2.54 bits per heavy atom. The lowest BCUT2D eigenvalue weighted by Crippen LogP contribution is -2.30. The van der Waals surface area contributed by atoms with E-state index in [0.717, 1.165) is 42.7 Å². The highest BCUT2D eigenvalue weighted by Gasteiger charge is 2.26. The molecule has 1 amide bonds. The number of benzene rings is 2. The number of aliphatic hydroxyl groups is 1. The van der Waals surface area contributed by atoms with Gasteiger partial charge in [0.05, 0.1) is 13.0 Å². The van der Waals surface area contributed by atoms with Crippen LogP contribution < -0.4 is 4.90 Å². The van der Waals surface area contributed by atoms with E-state index in [0.29, 0.717) is 12.3 Å². The van der Waals surface area contributed by atoms with Crippen LogP contribution in [0.25, 0.3) is 0 Å². The quantitative estimate of drug-likeness (QED) is 0.869. The largest absolute Gasteiger partial charge is 0.392 e. The first-order valence-corrected chi connectivity index (χ1v) is 9.28. The highest BCUT2D eigenvalue weighted by atomic mass is 16.3. The Hall–Kier alpha value is -2.33. The number of aliphatic hydroxyl groups excluding tert-OH is 1. The van der Waals surface area contributed by atoms with Gasteiger partial charge < -0.3 is 14.9 Å². The molecule has 4 heteroatoms. The lowest BCUT2D eigenvalue weighted by atomic mass is 9.97. The Morgan fingerprint density at radius 2 is 1.85 bits per heavy atom.